The molecule has 20 heavy (non-hydrogen) atoms. The van der Waals surface area contributed by atoms with Crippen LogP contribution in [0.4, 0.5) is 0 Å². The van der Waals surface area contributed by atoms with Crippen LogP contribution in [-0.2, 0) is 6.54 Å². The summed E-state index contributed by atoms with van der Waals surface area (Å²) in [5.74, 6) is 2.71. The van der Waals surface area contributed by atoms with Gasteiger partial charge in [0, 0.05) is 18.9 Å². The lowest BCUT2D eigenvalue weighted by Gasteiger charge is -2.36. The van der Waals surface area contributed by atoms with Gasteiger partial charge in [-0.05, 0) is 30.8 Å². The summed E-state index contributed by atoms with van der Waals surface area (Å²) in [5.41, 5.74) is 0. The van der Waals surface area contributed by atoms with Crippen molar-refractivity contribution < 1.29 is 0 Å². The monoisotopic (exact) mass is 312 g/mol. The number of aryl methyl sites for hydroxylation is 1. The molecule has 0 unspecified atom stereocenters. The summed E-state index contributed by atoms with van der Waals surface area (Å²) >= 11 is 4.45. The van der Waals surface area contributed by atoms with Crippen LogP contribution in [0.25, 0.3) is 0 Å². The van der Waals surface area contributed by atoms with Gasteiger partial charge in [0.25, 0.3) is 0 Å². The summed E-state index contributed by atoms with van der Waals surface area (Å²) in [6, 6.07) is 0. The van der Waals surface area contributed by atoms with Crippen LogP contribution in [-0.4, -0.2) is 25.1 Å². The molecule has 1 saturated heterocycles. The quantitative estimate of drug-likeness (QED) is 0.584. The molecule has 1 aliphatic rings. The van der Waals surface area contributed by atoms with E-state index in [4.69, 9.17) is 0 Å². The zero-order valence-electron chi connectivity index (χ0n) is 12.7. The van der Waals surface area contributed by atoms with Crippen molar-refractivity contribution in [3.05, 3.63) is 18.7 Å². The summed E-state index contributed by atoms with van der Waals surface area (Å²) in [7, 11) is 0. The number of aromatic nitrogens is 2. The molecule has 0 spiro atoms. The van der Waals surface area contributed by atoms with Crippen molar-refractivity contribution in [3.63, 3.8) is 0 Å². The third-order valence-corrected chi connectivity index (χ3v) is 7.55. The predicted molar refractivity (Wildman–Crippen MR) is 92.5 cm³/mol. The molecule has 0 aromatic carbocycles. The standard InChI is InChI=1S/C16H28N2S2/c1-2-3-4-5-6-8-16(19-13-7-14-20-16)9-11-18-12-10-17-15-18/h10,12,15H,2-9,11,13-14H2,1H3. The molecular formula is C16H28N2S2. The maximum absolute atomic E-state index is 4.15. The molecule has 0 radical (unpaired) electrons. The van der Waals surface area contributed by atoms with E-state index in [1.807, 2.05) is 12.5 Å². The lowest BCUT2D eigenvalue weighted by atomic mass is 10.1. The Morgan fingerprint density at radius 1 is 1.10 bits per heavy atom. The Hall–Kier alpha value is -0.0900. The van der Waals surface area contributed by atoms with Crippen LogP contribution in [0.5, 0.6) is 0 Å². The molecule has 0 atom stereocenters. The first-order chi connectivity index (χ1) is 9.85. The Morgan fingerprint density at radius 2 is 1.90 bits per heavy atom. The lowest BCUT2D eigenvalue weighted by molar-refractivity contribution is 0.530. The van der Waals surface area contributed by atoms with E-state index in [1.54, 1.807) is 0 Å². The Balaban J connectivity index is 1.78. The largest absolute Gasteiger partial charge is 0.337 e. The minimum absolute atomic E-state index is 0.481. The molecule has 1 aromatic heterocycles. The summed E-state index contributed by atoms with van der Waals surface area (Å²) < 4.78 is 2.71. The van der Waals surface area contributed by atoms with Crippen molar-refractivity contribution in [2.75, 3.05) is 11.5 Å². The number of rotatable bonds is 9. The smallest absolute Gasteiger partial charge is 0.0945 e. The molecule has 2 heterocycles. The first-order valence-electron chi connectivity index (χ1n) is 8.08. The molecule has 2 rings (SSSR count). The van der Waals surface area contributed by atoms with Gasteiger partial charge in [-0.3, -0.25) is 0 Å². The maximum Gasteiger partial charge on any atom is 0.0945 e. The van der Waals surface area contributed by atoms with Gasteiger partial charge in [-0.15, -0.1) is 23.5 Å². The van der Waals surface area contributed by atoms with Crippen LogP contribution in [0.3, 0.4) is 0 Å². The number of nitrogens with zero attached hydrogens (tertiary/aromatic N) is 2. The number of hydrogen-bond donors (Lipinski definition) is 0. The number of unbranched alkanes of at least 4 members (excludes halogenated alkanes) is 4. The highest BCUT2D eigenvalue weighted by atomic mass is 32.2. The minimum Gasteiger partial charge on any atom is -0.337 e. The second-order valence-corrected chi connectivity index (χ2v) is 8.89. The first kappa shape index (κ1) is 16.3. The van der Waals surface area contributed by atoms with Crippen molar-refractivity contribution in [2.24, 2.45) is 0 Å². The second kappa shape index (κ2) is 9.04. The van der Waals surface area contributed by atoms with Crippen LogP contribution < -0.4 is 0 Å². The fourth-order valence-corrected chi connectivity index (χ4v) is 6.13. The Morgan fingerprint density at radius 3 is 2.60 bits per heavy atom. The van der Waals surface area contributed by atoms with Gasteiger partial charge in [-0.1, -0.05) is 39.0 Å². The maximum atomic E-state index is 4.15. The third-order valence-electron chi connectivity index (χ3n) is 3.99. The van der Waals surface area contributed by atoms with Gasteiger partial charge in [0.05, 0.1) is 10.4 Å². The van der Waals surface area contributed by atoms with Crippen molar-refractivity contribution in [2.45, 2.75) is 68.9 Å². The average Bonchev–Trinajstić information content (AvgIpc) is 3.00. The Kier molecular flexibility index (Phi) is 7.36. The van der Waals surface area contributed by atoms with E-state index >= 15 is 0 Å². The van der Waals surface area contributed by atoms with Crippen molar-refractivity contribution in [3.8, 4) is 0 Å². The highest BCUT2D eigenvalue weighted by molar-refractivity contribution is 8.18. The molecule has 0 bridgehead atoms. The molecule has 4 heteroatoms. The summed E-state index contributed by atoms with van der Waals surface area (Å²) in [5, 5.41) is 0. The Bertz CT molecular complexity index is 345. The van der Waals surface area contributed by atoms with Crippen LogP contribution in [0.1, 0.15) is 58.3 Å². The number of imidazole rings is 1. The van der Waals surface area contributed by atoms with E-state index in [0.717, 1.165) is 6.54 Å². The van der Waals surface area contributed by atoms with Gasteiger partial charge in [-0.2, -0.15) is 0 Å². The van der Waals surface area contributed by atoms with Gasteiger partial charge in [0.1, 0.15) is 0 Å². The second-order valence-electron chi connectivity index (χ2n) is 5.68. The summed E-state index contributed by atoms with van der Waals surface area (Å²) in [4.78, 5) is 4.15. The SMILES string of the molecule is CCCCCCCC1(CCn2ccnc2)SCCCS1. The molecule has 0 N–H and O–H groups in total. The first-order valence-corrected chi connectivity index (χ1v) is 10.1. The molecule has 1 aromatic rings. The van der Waals surface area contributed by atoms with Crippen LogP contribution in [0.15, 0.2) is 18.7 Å². The molecule has 0 saturated carbocycles. The zero-order valence-corrected chi connectivity index (χ0v) is 14.4. The van der Waals surface area contributed by atoms with E-state index in [2.05, 4.69) is 46.2 Å². The van der Waals surface area contributed by atoms with Crippen LogP contribution >= 0.6 is 23.5 Å². The van der Waals surface area contributed by atoms with Gasteiger partial charge < -0.3 is 4.57 Å². The molecule has 2 nitrogen and oxygen atoms in total. The van der Waals surface area contributed by atoms with Gasteiger partial charge in [0.2, 0.25) is 0 Å². The van der Waals surface area contributed by atoms with Crippen molar-refractivity contribution in [1.29, 1.82) is 0 Å². The van der Waals surface area contributed by atoms with E-state index < -0.39 is 0 Å². The van der Waals surface area contributed by atoms with E-state index in [1.165, 1.54) is 62.9 Å². The molecule has 1 aliphatic heterocycles. The number of hydrogen-bond acceptors (Lipinski definition) is 3. The lowest BCUT2D eigenvalue weighted by Crippen LogP contribution is -2.27. The molecular weight excluding hydrogens is 284 g/mol. The molecule has 1 fully saturated rings. The highest BCUT2D eigenvalue weighted by Gasteiger charge is 2.32. The average molecular weight is 313 g/mol. The van der Waals surface area contributed by atoms with Crippen molar-refractivity contribution >= 4 is 23.5 Å². The fraction of sp³-hybridized carbons (Fsp3) is 0.812. The minimum atomic E-state index is 0.481. The van der Waals surface area contributed by atoms with Crippen molar-refractivity contribution in [1.82, 2.24) is 9.55 Å². The van der Waals surface area contributed by atoms with Crippen LogP contribution in [0.2, 0.25) is 0 Å². The van der Waals surface area contributed by atoms with E-state index in [-0.39, 0.29) is 0 Å². The molecule has 114 valence electrons. The normalized spacial score (nSPS) is 18.2. The van der Waals surface area contributed by atoms with E-state index in [0.29, 0.717) is 4.08 Å². The summed E-state index contributed by atoms with van der Waals surface area (Å²) in [6.07, 6.45) is 17.0. The fourth-order valence-electron chi connectivity index (χ4n) is 2.75. The van der Waals surface area contributed by atoms with Gasteiger partial charge in [0.15, 0.2) is 0 Å². The third kappa shape index (κ3) is 5.36. The highest BCUT2D eigenvalue weighted by Crippen LogP contribution is 2.48. The topological polar surface area (TPSA) is 17.8 Å². The van der Waals surface area contributed by atoms with Crippen LogP contribution in [0, 0.1) is 0 Å². The summed E-state index contributed by atoms with van der Waals surface area (Å²) in [6.45, 7) is 3.41. The molecule has 0 amide bonds. The van der Waals surface area contributed by atoms with E-state index in [9.17, 15) is 0 Å². The van der Waals surface area contributed by atoms with Gasteiger partial charge >= 0.3 is 0 Å². The number of thioether (sulfide) groups is 2. The predicted octanol–water partition coefficient (Wildman–Crippen LogP) is 5.20. The Labute approximate surface area is 132 Å². The zero-order chi connectivity index (χ0) is 14.1. The molecule has 0 aliphatic carbocycles. The van der Waals surface area contributed by atoms with Gasteiger partial charge in [-0.25, -0.2) is 4.98 Å².